The lowest BCUT2D eigenvalue weighted by atomic mass is 10.0. The van der Waals surface area contributed by atoms with Crippen molar-refractivity contribution in [3.8, 4) is 0 Å². The molecule has 8 heteroatoms. The minimum absolute atomic E-state index is 0.0181. The lowest BCUT2D eigenvalue weighted by Crippen LogP contribution is -2.32. The molecule has 0 spiro atoms. The molecule has 2 atom stereocenters. The molecule has 1 fully saturated rings. The number of thiocarbonyl (C=S) groups is 1. The number of amides is 1. The summed E-state index contributed by atoms with van der Waals surface area (Å²) in [5, 5.41) is 9.10. The molecule has 1 aromatic carbocycles. The number of benzene rings is 1. The van der Waals surface area contributed by atoms with Gasteiger partial charge in [-0.15, -0.1) is 11.3 Å². The topological polar surface area (TPSA) is 57.3 Å². The molecule has 30 heavy (non-hydrogen) atoms. The number of anilines is 1. The number of carbonyl (C=O) groups excluding carboxylic acids is 1. The van der Waals surface area contributed by atoms with E-state index in [1.165, 1.54) is 4.88 Å². The second kappa shape index (κ2) is 9.24. The Morgan fingerprint density at radius 2 is 2.17 bits per heavy atom. The highest BCUT2D eigenvalue weighted by molar-refractivity contribution is 9.10. The Kier molecular flexibility index (Phi) is 6.46. The van der Waals surface area contributed by atoms with Crippen LogP contribution in [-0.2, 0) is 4.79 Å². The van der Waals surface area contributed by atoms with Gasteiger partial charge in [0.1, 0.15) is 0 Å². The molecule has 0 radical (unpaired) electrons. The minimum atomic E-state index is -0.0657. The summed E-state index contributed by atoms with van der Waals surface area (Å²) in [6.45, 7) is 2.53. The quantitative estimate of drug-likeness (QED) is 0.454. The monoisotopic (exact) mass is 500 g/mol. The van der Waals surface area contributed by atoms with Crippen LogP contribution in [0.3, 0.4) is 0 Å². The first-order valence-electron chi connectivity index (χ1n) is 9.60. The number of pyridine rings is 1. The number of carbonyl (C=O) groups is 1. The molecule has 0 saturated carbocycles. The van der Waals surface area contributed by atoms with Gasteiger partial charge < -0.3 is 15.5 Å². The van der Waals surface area contributed by atoms with Gasteiger partial charge in [0.25, 0.3) is 0 Å². The number of thiophene rings is 1. The van der Waals surface area contributed by atoms with Gasteiger partial charge in [-0.1, -0.05) is 18.2 Å². The van der Waals surface area contributed by atoms with E-state index in [4.69, 9.17) is 12.2 Å². The molecule has 4 rings (SSSR count). The van der Waals surface area contributed by atoms with Gasteiger partial charge in [-0.25, -0.2) is 0 Å². The van der Waals surface area contributed by atoms with Gasteiger partial charge in [-0.05, 0) is 71.0 Å². The zero-order chi connectivity index (χ0) is 21.1. The van der Waals surface area contributed by atoms with Crippen molar-refractivity contribution in [1.29, 1.82) is 0 Å². The maximum Gasteiger partial charge on any atom is 0.226 e. The van der Waals surface area contributed by atoms with Gasteiger partial charge in [0.15, 0.2) is 5.11 Å². The first-order chi connectivity index (χ1) is 14.5. The van der Waals surface area contributed by atoms with Crippen LogP contribution in [0.15, 0.2) is 64.6 Å². The van der Waals surface area contributed by atoms with Crippen molar-refractivity contribution in [2.24, 2.45) is 0 Å². The number of halogens is 1. The van der Waals surface area contributed by atoms with Crippen molar-refractivity contribution in [1.82, 2.24) is 15.2 Å². The van der Waals surface area contributed by atoms with E-state index < -0.39 is 0 Å². The second-order valence-electron chi connectivity index (χ2n) is 7.15. The number of rotatable bonds is 6. The van der Waals surface area contributed by atoms with Crippen molar-refractivity contribution >= 4 is 56.2 Å². The molecule has 3 aromatic rings. The van der Waals surface area contributed by atoms with Gasteiger partial charge in [-0.3, -0.25) is 9.78 Å². The average molecular weight is 501 g/mol. The predicted octanol–water partition coefficient (Wildman–Crippen LogP) is 5.22. The SMILES string of the molecule is Cc1cccc(NC(=O)CCN2C(=S)NC(c3ccccn3)C2c2cc(Br)cs2)c1. The number of hydrogen-bond donors (Lipinski definition) is 2. The summed E-state index contributed by atoms with van der Waals surface area (Å²) in [4.78, 5) is 20.4. The number of aryl methyl sites for hydroxylation is 1. The van der Waals surface area contributed by atoms with Crippen molar-refractivity contribution in [3.63, 3.8) is 0 Å². The van der Waals surface area contributed by atoms with E-state index in [9.17, 15) is 4.79 Å². The summed E-state index contributed by atoms with van der Waals surface area (Å²) in [6, 6.07) is 15.7. The van der Waals surface area contributed by atoms with Crippen LogP contribution in [0.5, 0.6) is 0 Å². The molecule has 5 nitrogen and oxygen atoms in total. The Morgan fingerprint density at radius 3 is 2.87 bits per heavy atom. The molecule has 2 unspecified atom stereocenters. The molecule has 1 aliphatic heterocycles. The fourth-order valence-corrected chi connectivity index (χ4v) is 5.53. The maximum atomic E-state index is 12.6. The molecule has 0 aliphatic carbocycles. The van der Waals surface area contributed by atoms with Crippen molar-refractivity contribution in [2.75, 3.05) is 11.9 Å². The zero-order valence-electron chi connectivity index (χ0n) is 16.3. The van der Waals surface area contributed by atoms with E-state index in [-0.39, 0.29) is 18.0 Å². The second-order valence-corrected chi connectivity index (χ2v) is 9.40. The van der Waals surface area contributed by atoms with Crippen molar-refractivity contribution in [2.45, 2.75) is 25.4 Å². The van der Waals surface area contributed by atoms with Crippen LogP contribution < -0.4 is 10.6 Å². The van der Waals surface area contributed by atoms with E-state index in [0.29, 0.717) is 18.1 Å². The van der Waals surface area contributed by atoms with Crippen LogP contribution in [0.4, 0.5) is 5.69 Å². The number of hydrogen-bond acceptors (Lipinski definition) is 4. The van der Waals surface area contributed by atoms with Gasteiger partial charge >= 0.3 is 0 Å². The van der Waals surface area contributed by atoms with Crippen molar-refractivity contribution in [3.05, 3.63) is 80.7 Å². The largest absolute Gasteiger partial charge is 0.352 e. The van der Waals surface area contributed by atoms with Crippen LogP contribution in [-0.4, -0.2) is 27.4 Å². The Morgan fingerprint density at radius 1 is 1.30 bits per heavy atom. The van der Waals surface area contributed by atoms with Crippen LogP contribution in [0.25, 0.3) is 0 Å². The Labute approximate surface area is 193 Å². The van der Waals surface area contributed by atoms with Crippen LogP contribution in [0.1, 0.15) is 34.6 Å². The molecule has 2 N–H and O–H groups in total. The third-order valence-corrected chi connectivity index (χ3v) is 7.08. The minimum Gasteiger partial charge on any atom is -0.352 e. The molecular formula is C22H21BrN4OS2. The lowest BCUT2D eigenvalue weighted by Gasteiger charge is -2.26. The van der Waals surface area contributed by atoms with E-state index in [1.807, 2.05) is 49.4 Å². The van der Waals surface area contributed by atoms with Gasteiger partial charge in [0, 0.05) is 39.6 Å². The maximum absolute atomic E-state index is 12.6. The smallest absolute Gasteiger partial charge is 0.226 e. The van der Waals surface area contributed by atoms with E-state index in [1.54, 1.807) is 17.5 Å². The standard InChI is InChI=1S/C22H21BrN4OS2/c1-14-5-4-6-16(11-14)25-19(28)8-10-27-21(18-12-15(23)13-30-18)20(26-22(27)29)17-7-2-3-9-24-17/h2-7,9,11-13,20-21H,8,10H2,1H3,(H,25,28)(H,26,29). The van der Waals surface area contributed by atoms with Gasteiger partial charge in [0.2, 0.25) is 5.91 Å². The van der Waals surface area contributed by atoms with Crippen LogP contribution in [0, 0.1) is 6.92 Å². The first-order valence-corrected chi connectivity index (χ1v) is 11.7. The molecule has 2 aromatic heterocycles. The molecular weight excluding hydrogens is 480 g/mol. The molecule has 1 amide bonds. The fraction of sp³-hybridized carbons (Fsp3) is 0.227. The third-order valence-electron chi connectivity index (χ3n) is 4.96. The summed E-state index contributed by atoms with van der Waals surface area (Å²) in [7, 11) is 0. The molecule has 3 heterocycles. The molecule has 0 bridgehead atoms. The van der Waals surface area contributed by atoms with Gasteiger partial charge in [-0.2, -0.15) is 0 Å². The average Bonchev–Trinajstić information content (AvgIpc) is 3.30. The van der Waals surface area contributed by atoms with Crippen molar-refractivity contribution < 1.29 is 4.79 Å². The highest BCUT2D eigenvalue weighted by Crippen LogP contribution is 2.41. The molecule has 1 saturated heterocycles. The molecule has 1 aliphatic rings. The first kappa shape index (κ1) is 21.0. The zero-order valence-corrected chi connectivity index (χ0v) is 19.6. The third kappa shape index (κ3) is 4.71. The highest BCUT2D eigenvalue weighted by atomic mass is 79.9. The predicted molar refractivity (Wildman–Crippen MR) is 129 cm³/mol. The summed E-state index contributed by atoms with van der Waals surface area (Å²) < 4.78 is 1.04. The van der Waals surface area contributed by atoms with E-state index in [2.05, 4.69) is 47.9 Å². The number of nitrogens with one attached hydrogen (secondary N) is 2. The van der Waals surface area contributed by atoms with Gasteiger partial charge in [0.05, 0.1) is 17.8 Å². The Balaban J connectivity index is 1.51. The summed E-state index contributed by atoms with van der Waals surface area (Å²) >= 11 is 10.9. The van der Waals surface area contributed by atoms with Crippen LogP contribution >= 0.6 is 39.5 Å². The molecule has 154 valence electrons. The highest BCUT2D eigenvalue weighted by Gasteiger charge is 2.40. The van der Waals surface area contributed by atoms with E-state index in [0.717, 1.165) is 21.4 Å². The van der Waals surface area contributed by atoms with E-state index >= 15 is 0 Å². The lowest BCUT2D eigenvalue weighted by molar-refractivity contribution is -0.116. The summed E-state index contributed by atoms with van der Waals surface area (Å²) in [5.41, 5.74) is 2.85. The summed E-state index contributed by atoms with van der Waals surface area (Å²) in [6.07, 6.45) is 2.13. The Bertz CT molecular complexity index is 1060. The fourth-order valence-electron chi connectivity index (χ4n) is 3.61. The number of nitrogens with zero attached hydrogens (tertiary/aromatic N) is 2. The van der Waals surface area contributed by atoms with Crippen LogP contribution in [0.2, 0.25) is 0 Å². The Hall–Kier alpha value is -2.29. The summed E-state index contributed by atoms with van der Waals surface area (Å²) in [5.74, 6) is -0.0317. The normalized spacial score (nSPS) is 18.3. The number of aromatic nitrogens is 1.